The van der Waals surface area contributed by atoms with Crippen molar-refractivity contribution in [2.24, 2.45) is 7.05 Å². The number of fused-ring (bicyclic) bond motifs is 1. The van der Waals surface area contributed by atoms with Crippen LogP contribution in [0.5, 0.6) is 0 Å². The maximum atomic E-state index is 12.1. The minimum absolute atomic E-state index is 0.218. The number of aryl methyl sites for hydroxylation is 1. The highest BCUT2D eigenvalue weighted by Crippen LogP contribution is 2.23. The number of imide groups is 1. The van der Waals surface area contributed by atoms with Gasteiger partial charge in [0.25, 0.3) is 11.8 Å². The molecule has 1 aliphatic heterocycles. The van der Waals surface area contributed by atoms with Gasteiger partial charge in [0.2, 0.25) is 0 Å². The summed E-state index contributed by atoms with van der Waals surface area (Å²) in [4.78, 5) is 25.5. The number of benzene rings is 1. The first-order valence-electron chi connectivity index (χ1n) is 6.10. The summed E-state index contributed by atoms with van der Waals surface area (Å²) in [6.07, 6.45) is 1.62. The monoisotopic (exact) mass is 288 g/mol. The van der Waals surface area contributed by atoms with Gasteiger partial charge < -0.3 is 4.57 Å². The number of rotatable bonds is 4. The van der Waals surface area contributed by atoms with Gasteiger partial charge in [-0.3, -0.25) is 14.5 Å². The minimum atomic E-state index is -0.218. The van der Waals surface area contributed by atoms with Crippen LogP contribution in [0.15, 0.2) is 35.7 Å². The molecule has 0 spiro atoms. The molecular formula is C13H12N4O2S. The van der Waals surface area contributed by atoms with Gasteiger partial charge in [0.15, 0.2) is 5.16 Å². The zero-order valence-electron chi connectivity index (χ0n) is 10.8. The molecule has 0 aliphatic carbocycles. The van der Waals surface area contributed by atoms with Gasteiger partial charge in [0, 0.05) is 19.3 Å². The second-order valence-corrected chi connectivity index (χ2v) is 5.44. The molecule has 1 aromatic heterocycles. The highest BCUT2D eigenvalue weighted by molar-refractivity contribution is 7.99. The molecule has 1 aliphatic rings. The highest BCUT2D eigenvalue weighted by atomic mass is 32.2. The van der Waals surface area contributed by atoms with Crippen molar-refractivity contribution in [3.63, 3.8) is 0 Å². The summed E-state index contributed by atoms with van der Waals surface area (Å²) in [5.41, 5.74) is 0.974. The van der Waals surface area contributed by atoms with Crippen LogP contribution in [0.2, 0.25) is 0 Å². The van der Waals surface area contributed by atoms with E-state index in [1.807, 2.05) is 7.05 Å². The number of thioether (sulfide) groups is 1. The maximum absolute atomic E-state index is 12.1. The van der Waals surface area contributed by atoms with Crippen LogP contribution in [-0.2, 0) is 7.05 Å². The van der Waals surface area contributed by atoms with Crippen molar-refractivity contribution in [1.82, 2.24) is 19.7 Å². The normalized spacial score (nSPS) is 13.9. The van der Waals surface area contributed by atoms with E-state index in [4.69, 9.17) is 0 Å². The van der Waals surface area contributed by atoms with Gasteiger partial charge in [-0.05, 0) is 12.1 Å². The Labute approximate surface area is 119 Å². The van der Waals surface area contributed by atoms with E-state index >= 15 is 0 Å². The van der Waals surface area contributed by atoms with E-state index in [-0.39, 0.29) is 11.8 Å². The van der Waals surface area contributed by atoms with Crippen LogP contribution in [0.25, 0.3) is 0 Å². The largest absolute Gasteiger partial charge is 0.312 e. The van der Waals surface area contributed by atoms with E-state index in [1.54, 1.807) is 35.2 Å². The van der Waals surface area contributed by atoms with Crippen LogP contribution >= 0.6 is 11.8 Å². The van der Waals surface area contributed by atoms with Gasteiger partial charge >= 0.3 is 0 Å². The van der Waals surface area contributed by atoms with Crippen molar-refractivity contribution in [3.8, 4) is 0 Å². The van der Waals surface area contributed by atoms with Gasteiger partial charge in [-0.1, -0.05) is 23.9 Å². The standard InChI is InChI=1S/C13H12N4O2S/c1-16-8-14-15-13(16)20-7-6-17-11(18)9-4-2-3-5-10(9)12(17)19/h2-5,8H,6-7H2,1H3. The van der Waals surface area contributed by atoms with Gasteiger partial charge in [0.05, 0.1) is 11.1 Å². The molecular weight excluding hydrogens is 276 g/mol. The SMILES string of the molecule is Cn1cnnc1SCCN1C(=O)c2ccccc2C1=O. The molecule has 0 N–H and O–H groups in total. The average molecular weight is 288 g/mol. The first-order chi connectivity index (χ1) is 9.68. The lowest BCUT2D eigenvalue weighted by atomic mass is 10.1. The van der Waals surface area contributed by atoms with Crippen molar-refractivity contribution in [2.75, 3.05) is 12.3 Å². The van der Waals surface area contributed by atoms with E-state index in [9.17, 15) is 9.59 Å². The maximum Gasteiger partial charge on any atom is 0.261 e. The van der Waals surface area contributed by atoms with Crippen LogP contribution in [0, 0.1) is 0 Å². The summed E-state index contributed by atoms with van der Waals surface area (Å²) < 4.78 is 1.80. The Morgan fingerprint density at radius 2 is 1.80 bits per heavy atom. The number of carbonyl (C=O) groups excluding carboxylic acids is 2. The molecule has 1 aromatic carbocycles. The van der Waals surface area contributed by atoms with E-state index in [0.29, 0.717) is 23.4 Å². The van der Waals surface area contributed by atoms with E-state index in [0.717, 1.165) is 5.16 Å². The fraction of sp³-hybridized carbons (Fsp3) is 0.231. The van der Waals surface area contributed by atoms with E-state index in [1.165, 1.54) is 16.7 Å². The van der Waals surface area contributed by atoms with Crippen molar-refractivity contribution < 1.29 is 9.59 Å². The van der Waals surface area contributed by atoms with Gasteiger partial charge in [0.1, 0.15) is 6.33 Å². The predicted octanol–water partition coefficient (Wildman–Crippen LogP) is 1.20. The molecule has 3 rings (SSSR count). The second kappa shape index (κ2) is 5.09. The molecule has 7 heteroatoms. The molecule has 0 saturated carbocycles. The zero-order chi connectivity index (χ0) is 14.1. The summed E-state index contributed by atoms with van der Waals surface area (Å²) in [5, 5.41) is 8.49. The first kappa shape index (κ1) is 12.9. The molecule has 6 nitrogen and oxygen atoms in total. The fourth-order valence-corrected chi connectivity index (χ4v) is 2.89. The summed E-state index contributed by atoms with van der Waals surface area (Å²) in [7, 11) is 1.85. The Morgan fingerprint density at radius 3 is 2.35 bits per heavy atom. The topological polar surface area (TPSA) is 68.1 Å². The third-order valence-electron chi connectivity index (χ3n) is 3.09. The molecule has 102 valence electrons. The zero-order valence-corrected chi connectivity index (χ0v) is 11.6. The van der Waals surface area contributed by atoms with Crippen LogP contribution in [0.1, 0.15) is 20.7 Å². The number of hydrogen-bond donors (Lipinski definition) is 0. The molecule has 0 radical (unpaired) electrons. The quantitative estimate of drug-likeness (QED) is 0.624. The number of nitrogens with zero attached hydrogens (tertiary/aromatic N) is 4. The molecule has 0 fully saturated rings. The van der Waals surface area contributed by atoms with Crippen molar-refractivity contribution in [1.29, 1.82) is 0 Å². The lowest BCUT2D eigenvalue weighted by molar-refractivity contribution is 0.0664. The van der Waals surface area contributed by atoms with Crippen molar-refractivity contribution >= 4 is 23.6 Å². The third-order valence-corrected chi connectivity index (χ3v) is 4.11. The van der Waals surface area contributed by atoms with Gasteiger partial charge in [-0.15, -0.1) is 10.2 Å². The van der Waals surface area contributed by atoms with Crippen molar-refractivity contribution in [3.05, 3.63) is 41.7 Å². The molecule has 0 bridgehead atoms. The molecule has 2 aromatic rings. The smallest absolute Gasteiger partial charge is 0.261 e. The Balaban J connectivity index is 1.67. The average Bonchev–Trinajstić information content (AvgIpc) is 2.97. The summed E-state index contributed by atoms with van der Waals surface area (Å²) in [6.45, 7) is 0.365. The number of carbonyl (C=O) groups is 2. The Kier molecular flexibility index (Phi) is 3.27. The first-order valence-corrected chi connectivity index (χ1v) is 7.09. The molecule has 2 amide bonds. The number of amides is 2. The summed E-state index contributed by atoms with van der Waals surface area (Å²) >= 11 is 1.47. The van der Waals surface area contributed by atoms with Crippen LogP contribution in [0.3, 0.4) is 0 Å². The fourth-order valence-electron chi connectivity index (χ4n) is 2.07. The number of hydrogen-bond acceptors (Lipinski definition) is 5. The Hall–Kier alpha value is -2.15. The van der Waals surface area contributed by atoms with Crippen LogP contribution in [-0.4, -0.2) is 43.8 Å². The van der Waals surface area contributed by atoms with Crippen LogP contribution in [0.4, 0.5) is 0 Å². The molecule has 0 unspecified atom stereocenters. The number of aromatic nitrogens is 3. The summed E-state index contributed by atoms with van der Waals surface area (Å²) in [5.74, 6) is 0.159. The molecule has 0 atom stereocenters. The Morgan fingerprint density at radius 1 is 1.15 bits per heavy atom. The predicted molar refractivity (Wildman–Crippen MR) is 73.5 cm³/mol. The minimum Gasteiger partial charge on any atom is -0.312 e. The van der Waals surface area contributed by atoms with Crippen LogP contribution < -0.4 is 0 Å². The Bertz CT molecular complexity index is 648. The molecule has 0 saturated heterocycles. The molecule has 2 heterocycles. The van der Waals surface area contributed by atoms with Gasteiger partial charge in [-0.2, -0.15) is 0 Å². The van der Waals surface area contributed by atoms with E-state index < -0.39 is 0 Å². The third kappa shape index (κ3) is 2.09. The summed E-state index contributed by atoms with van der Waals surface area (Å²) in [6, 6.07) is 6.90. The highest BCUT2D eigenvalue weighted by Gasteiger charge is 2.34. The lowest BCUT2D eigenvalue weighted by Crippen LogP contribution is -2.31. The van der Waals surface area contributed by atoms with E-state index in [2.05, 4.69) is 10.2 Å². The molecule has 20 heavy (non-hydrogen) atoms. The second-order valence-electron chi connectivity index (χ2n) is 4.38. The van der Waals surface area contributed by atoms with Crippen molar-refractivity contribution in [2.45, 2.75) is 5.16 Å². The lowest BCUT2D eigenvalue weighted by Gasteiger charge is -2.12. The van der Waals surface area contributed by atoms with Gasteiger partial charge in [-0.25, -0.2) is 0 Å².